The minimum absolute atomic E-state index is 0.243. The molecule has 5 N–H and O–H groups in total. The van der Waals surface area contributed by atoms with Gasteiger partial charge in [0, 0.05) is 0 Å². The molecule has 0 spiro atoms. The Morgan fingerprint density at radius 2 is 1.90 bits per heavy atom. The maximum absolute atomic E-state index is 11.1. The summed E-state index contributed by atoms with van der Waals surface area (Å²) in [6.07, 6.45) is -7.63. The second-order valence-corrected chi connectivity index (χ2v) is 4.65. The van der Waals surface area contributed by atoms with E-state index < -0.39 is 54.3 Å². The Labute approximate surface area is 113 Å². The highest BCUT2D eigenvalue weighted by Gasteiger charge is 2.43. The van der Waals surface area contributed by atoms with E-state index in [0.717, 1.165) is 0 Å². The molecule has 9 nitrogen and oxygen atoms in total. The number of esters is 1. The van der Waals surface area contributed by atoms with Gasteiger partial charge in [-0.25, -0.2) is 4.79 Å². The van der Waals surface area contributed by atoms with Crippen LogP contribution in [0, 0.1) is 0 Å². The lowest BCUT2D eigenvalue weighted by Gasteiger charge is -2.36. The van der Waals surface area contributed by atoms with Crippen LogP contribution in [0.15, 0.2) is 11.5 Å². The summed E-state index contributed by atoms with van der Waals surface area (Å²) in [5.74, 6) is -2.65. The number of carbonyl (C=O) groups excluding carboxylic acids is 1. The summed E-state index contributed by atoms with van der Waals surface area (Å²) in [5.41, 5.74) is 0. The van der Waals surface area contributed by atoms with Crippen molar-refractivity contribution in [1.29, 1.82) is 0 Å². The molecule has 0 saturated carbocycles. The smallest absolute Gasteiger partial charge is 0.377 e. The van der Waals surface area contributed by atoms with Crippen LogP contribution in [0.5, 0.6) is 0 Å². The van der Waals surface area contributed by atoms with E-state index in [-0.39, 0.29) is 6.61 Å². The minimum Gasteiger partial charge on any atom is -0.505 e. The molecule has 6 atom stereocenters. The zero-order valence-electron chi connectivity index (χ0n) is 10.5. The molecule has 2 heterocycles. The van der Waals surface area contributed by atoms with Gasteiger partial charge in [-0.1, -0.05) is 0 Å². The molecule has 0 aliphatic carbocycles. The number of ether oxygens (including phenoxy) is 3. The molecular formula is C11H16O9. The summed E-state index contributed by atoms with van der Waals surface area (Å²) < 4.78 is 14.9. The number of aliphatic hydroxyl groups excluding tert-OH is 5. The lowest BCUT2D eigenvalue weighted by molar-refractivity contribution is -0.287. The van der Waals surface area contributed by atoms with E-state index in [1.807, 2.05) is 0 Å². The van der Waals surface area contributed by atoms with Gasteiger partial charge in [-0.3, -0.25) is 0 Å². The van der Waals surface area contributed by atoms with E-state index in [4.69, 9.17) is 14.6 Å². The molecule has 2 aliphatic rings. The van der Waals surface area contributed by atoms with Gasteiger partial charge in [0.05, 0.1) is 6.61 Å². The van der Waals surface area contributed by atoms with Gasteiger partial charge in [-0.05, 0) is 6.92 Å². The number of hydrogen-bond acceptors (Lipinski definition) is 9. The van der Waals surface area contributed by atoms with E-state index in [9.17, 15) is 25.2 Å². The monoisotopic (exact) mass is 292 g/mol. The van der Waals surface area contributed by atoms with Gasteiger partial charge in [0.25, 0.3) is 0 Å². The molecule has 1 saturated heterocycles. The molecule has 0 aromatic carbocycles. The molecule has 0 bridgehead atoms. The highest BCUT2D eigenvalue weighted by molar-refractivity contribution is 5.89. The van der Waals surface area contributed by atoms with Gasteiger partial charge in [0.2, 0.25) is 5.76 Å². The zero-order valence-corrected chi connectivity index (χ0v) is 10.5. The van der Waals surface area contributed by atoms with Crippen molar-refractivity contribution < 1.29 is 44.5 Å². The second kappa shape index (κ2) is 5.54. The lowest BCUT2D eigenvalue weighted by atomic mass is 10.1. The molecule has 2 aliphatic heterocycles. The zero-order chi connectivity index (χ0) is 15.0. The summed E-state index contributed by atoms with van der Waals surface area (Å²) in [6.45, 7) is 1.17. The summed E-state index contributed by atoms with van der Waals surface area (Å²) in [5, 5.41) is 47.1. The van der Waals surface area contributed by atoms with Crippen LogP contribution in [-0.2, 0) is 19.0 Å². The molecule has 0 aromatic rings. The van der Waals surface area contributed by atoms with Crippen molar-refractivity contribution in [1.82, 2.24) is 0 Å². The van der Waals surface area contributed by atoms with Crippen molar-refractivity contribution in [2.24, 2.45) is 0 Å². The first-order valence-electron chi connectivity index (χ1n) is 5.97. The normalized spacial score (nSPS) is 39.8. The number of aliphatic hydroxyl groups is 5. The fourth-order valence-electron chi connectivity index (χ4n) is 1.97. The maximum atomic E-state index is 11.1. The fraction of sp³-hybridized carbons (Fsp3) is 0.727. The van der Waals surface area contributed by atoms with Gasteiger partial charge in [0.1, 0.15) is 24.4 Å². The Hall–Kier alpha value is -1.39. The first-order valence-corrected chi connectivity index (χ1v) is 5.97. The van der Waals surface area contributed by atoms with Gasteiger partial charge in [-0.15, -0.1) is 0 Å². The standard InChI is InChI=1S/C11H16O9/c1-3(9-6(14)7(15)10(17)20-9)19-11-8(16)5(13)4(12)2-18-11/h3-5,8-9,11-16H,2H2,1H3/t3?,4-,5+,8-,9?,11-/m1/s1. The van der Waals surface area contributed by atoms with Crippen molar-refractivity contribution in [3.05, 3.63) is 11.5 Å². The van der Waals surface area contributed by atoms with Crippen LogP contribution in [0.4, 0.5) is 0 Å². The van der Waals surface area contributed by atoms with Gasteiger partial charge < -0.3 is 39.7 Å². The largest absolute Gasteiger partial charge is 0.505 e. The van der Waals surface area contributed by atoms with Gasteiger partial charge >= 0.3 is 5.97 Å². The Morgan fingerprint density at radius 1 is 1.25 bits per heavy atom. The molecule has 1 fully saturated rings. The van der Waals surface area contributed by atoms with Gasteiger partial charge in [0.15, 0.2) is 18.2 Å². The molecule has 0 amide bonds. The average Bonchev–Trinajstić information content (AvgIpc) is 2.67. The second-order valence-electron chi connectivity index (χ2n) is 4.65. The highest BCUT2D eigenvalue weighted by Crippen LogP contribution is 2.25. The van der Waals surface area contributed by atoms with Crippen molar-refractivity contribution in [2.45, 2.75) is 43.7 Å². The maximum Gasteiger partial charge on any atom is 0.377 e. The van der Waals surface area contributed by atoms with Crippen molar-refractivity contribution in [3.63, 3.8) is 0 Å². The molecule has 9 heteroatoms. The first kappa shape index (κ1) is 15.0. The topological polar surface area (TPSA) is 146 Å². The Kier molecular flexibility index (Phi) is 4.16. The number of carbonyl (C=O) groups is 1. The third-order valence-electron chi connectivity index (χ3n) is 3.17. The number of cyclic esters (lactones) is 1. The number of rotatable bonds is 3. The SMILES string of the molecule is CC(O[C@H]1OC[C@@H](O)[C@H](O)[C@H]1O)C1OC(=O)C(O)=C1O. The third-order valence-corrected chi connectivity index (χ3v) is 3.17. The quantitative estimate of drug-likeness (QED) is 0.376. The lowest BCUT2D eigenvalue weighted by Crippen LogP contribution is -2.55. The molecular weight excluding hydrogens is 276 g/mol. The molecule has 2 unspecified atom stereocenters. The van der Waals surface area contributed by atoms with E-state index in [1.165, 1.54) is 6.92 Å². The summed E-state index contributed by atoms with van der Waals surface area (Å²) in [6, 6.07) is 0. The first-order chi connectivity index (χ1) is 9.32. The van der Waals surface area contributed by atoms with E-state index in [0.29, 0.717) is 0 Å². The van der Waals surface area contributed by atoms with Crippen LogP contribution < -0.4 is 0 Å². The van der Waals surface area contributed by atoms with E-state index in [1.54, 1.807) is 0 Å². The van der Waals surface area contributed by atoms with Crippen LogP contribution in [0.1, 0.15) is 6.92 Å². The summed E-state index contributed by atoms with van der Waals surface area (Å²) >= 11 is 0. The molecule has 20 heavy (non-hydrogen) atoms. The van der Waals surface area contributed by atoms with Crippen molar-refractivity contribution >= 4 is 5.97 Å². The predicted octanol–water partition coefficient (Wildman–Crippen LogP) is -1.92. The molecule has 0 aromatic heterocycles. The third kappa shape index (κ3) is 2.58. The van der Waals surface area contributed by atoms with Crippen LogP contribution in [0.2, 0.25) is 0 Å². The van der Waals surface area contributed by atoms with E-state index >= 15 is 0 Å². The molecule has 0 radical (unpaired) electrons. The molecule has 114 valence electrons. The average molecular weight is 292 g/mol. The fourth-order valence-corrected chi connectivity index (χ4v) is 1.97. The van der Waals surface area contributed by atoms with Crippen molar-refractivity contribution in [2.75, 3.05) is 6.61 Å². The summed E-state index contributed by atoms with van der Waals surface area (Å²) in [4.78, 5) is 11.1. The van der Waals surface area contributed by atoms with Crippen LogP contribution in [0.3, 0.4) is 0 Å². The number of hydrogen-bond donors (Lipinski definition) is 5. The Balaban J connectivity index is 1.99. The van der Waals surface area contributed by atoms with Gasteiger partial charge in [-0.2, -0.15) is 0 Å². The Morgan fingerprint density at radius 3 is 2.45 bits per heavy atom. The van der Waals surface area contributed by atoms with Crippen LogP contribution in [0.25, 0.3) is 0 Å². The predicted molar refractivity (Wildman–Crippen MR) is 60.5 cm³/mol. The highest BCUT2D eigenvalue weighted by atomic mass is 16.7. The minimum atomic E-state index is -1.50. The van der Waals surface area contributed by atoms with Crippen LogP contribution >= 0.6 is 0 Å². The molecule has 2 rings (SSSR count). The Bertz CT molecular complexity index is 420. The summed E-state index contributed by atoms with van der Waals surface area (Å²) in [7, 11) is 0. The van der Waals surface area contributed by atoms with Crippen molar-refractivity contribution in [3.8, 4) is 0 Å². The van der Waals surface area contributed by atoms with E-state index in [2.05, 4.69) is 4.74 Å². The van der Waals surface area contributed by atoms with Crippen LogP contribution in [-0.4, -0.2) is 74.9 Å².